The predicted molar refractivity (Wildman–Crippen MR) is 62.1 cm³/mol. The average molecular weight is 208 g/mol. The number of hydrogen-bond donors (Lipinski definition) is 1. The second-order valence-electron chi connectivity index (χ2n) is 4.14. The van der Waals surface area contributed by atoms with E-state index in [1.807, 2.05) is 0 Å². The minimum atomic E-state index is -0.351. The lowest BCUT2D eigenvalue weighted by Crippen LogP contribution is -2.14. The highest BCUT2D eigenvalue weighted by Crippen LogP contribution is 2.11. The maximum Gasteiger partial charge on any atom is 0.0776 e. The Hall–Kier alpha value is -0.860. The van der Waals surface area contributed by atoms with Gasteiger partial charge in [-0.15, -0.1) is 0 Å². The number of aryl methyl sites for hydroxylation is 3. The maximum absolute atomic E-state index is 9.52. The van der Waals surface area contributed by atoms with Crippen LogP contribution in [0.4, 0.5) is 0 Å². The summed E-state index contributed by atoms with van der Waals surface area (Å²) in [7, 11) is 1.61. The number of methoxy groups -OCH3 is 1. The fraction of sp³-hybridized carbons (Fsp3) is 0.538. The van der Waals surface area contributed by atoms with E-state index in [0.717, 1.165) is 12.8 Å². The molecule has 84 valence electrons. The van der Waals surface area contributed by atoms with E-state index in [1.54, 1.807) is 7.11 Å². The minimum absolute atomic E-state index is 0.351. The molecule has 0 aliphatic carbocycles. The highest BCUT2D eigenvalue weighted by atomic mass is 16.5. The molecule has 2 nitrogen and oxygen atoms in total. The van der Waals surface area contributed by atoms with Gasteiger partial charge in [0.1, 0.15) is 0 Å². The van der Waals surface area contributed by atoms with Crippen LogP contribution in [0.5, 0.6) is 0 Å². The molecule has 0 aliphatic rings. The van der Waals surface area contributed by atoms with Crippen molar-refractivity contribution < 1.29 is 9.84 Å². The molecule has 1 aromatic carbocycles. The number of rotatable bonds is 5. The zero-order valence-corrected chi connectivity index (χ0v) is 9.79. The molecule has 0 saturated carbocycles. The summed E-state index contributed by atoms with van der Waals surface area (Å²) in [5.41, 5.74) is 3.86. The van der Waals surface area contributed by atoms with Gasteiger partial charge < -0.3 is 9.84 Å². The van der Waals surface area contributed by atoms with Crippen molar-refractivity contribution in [3.63, 3.8) is 0 Å². The third-order valence-corrected chi connectivity index (χ3v) is 2.41. The molecule has 15 heavy (non-hydrogen) atoms. The molecule has 0 radical (unpaired) electrons. The highest BCUT2D eigenvalue weighted by Gasteiger charge is 2.04. The Kier molecular flexibility index (Phi) is 4.79. The van der Waals surface area contributed by atoms with Gasteiger partial charge in [0.05, 0.1) is 12.7 Å². The number of aliphatic hydroxyl groups is 1. The minimum Gasteiger partial charge on any atom is -0.391 e. The van der Waals surface area contributed by atoms with Crippen LogP contribution < -0.4 is 0 Å². The van der Waals surface area contributed by atoms with Crippen molar-refractivity contribution in [3.05, 3.63) is 34.9 Å². The third kappa shape index (κ3) is 4.45. The third-order valence-electron chi connectivity index (χ3n) is 2.41. The first-order valence-corrected chi connectivity index (χ1v) is 5.36. The molecular formula is C13H20O2. The molecule has 0 bridgehead atoms. The average Bonchev–Trinajstić information content (AvgIpc) is 2.14. The standard InChI is InChI=1S/C13H20O2/c1-10-6-11(2)8-12(7-10)4-5-13(14)9-15-3/h6-8,13-14H,4-5,9H2,1-3H3. The van der Waals surface area contributed by atoms with Gasteiger partial charge in [-0.05, 0) is 32.3 Å². The Labute approximate surface area is 91.9 Å². The molecule has 1 atom stereocenters. The van der Waals surface area contributed by atoms with E-state index in [0.29, 0.717) is 6.61 Å². The van der Waals surface area contributed by atoms with Gasteiger partial charge in [-0.3, -0.25) is 0 Å². The van der Waals surface area contributed by atoms with Crippen LogP contribution in [0.15, 0.2) is 18.2 Å². The van der Waals surface area contributed by atoms with Crippen LogP contribution in [-0.4, -0.2) is 24.9 Å². The van der Waals surface area contributed by atoms with Crippen molar-refractivity contribution in [2.45, 2.75) is 32.8 Å². The summed E-state index contributed by atoms with van der Waals surface area (Å²) in [6, 6.07) is 6.51. The molecule has 0 fully saturated rings. The topological polar surface area (TPSA) is 29.5 Å². The van der Waals surface area contributed by atoms with Crippen LogP contribution in [0.2, 0.25) is 0 Å². The molecule has 1 N–H and O–H groups in total. The number of aliphatic hydroxyl groups excluding tert-OH is 1. The summed E-state index contributed by atoms with van der Waals surface area (Å²) in [5, 5.41) is 9.52. The Morgan fingerprint density at radius 3 is 2.33 bits per heavy atom. The fourth-order valence-electron chi connectivity index (χ4n) is 1.82. The van der Waals surface area contributed by atoms with Gasteiger partial charge in [0.2, 0.25) is 0 Å². The van der Waals surface area contributed by atoms with Crippen molar-refractivity contribution in [2.75, 3.05) is 13.7 Å². The molecule has 1 rings (SSSR count). The molecule has 1 aromatic rings. The van der Waals surface area contributed by atoms with Gasteiger partial charge in [0.25, 0.3) is 0 Å². The zero-order chi connectivity index (χ0) is 11.3. The number of hydrogen-bond acceptors (Lipinski definition) is 2. The number of ether oxygens (including phenoxy) is 1. The molecule has 1 unspecified atom stereocenters. The molecule has 0 heterocycles. The Morgan fingerprint density at radius 2 is 1.80 bits per heavy atom. The van der Waals surface area contributed by atoms with Gasteiger partial charge >= 0.3 is 0 Å². The van der Waals surface area contributed by atoms with E-state index in [2.05, 4.69) is 32.0 Å². The predicted octanol–water partition coefficient (Wildman–Crippen LogP) is 2.24. The largest absolute Gasteiger partial charge is 0.391 e. The summed E-state index contributed by atoms with van der Waals surface area (Å²) in [6.45, 7) is 4.62. The first-order valence-electron chi connectivity index (χ1n) is 5.36. The van der Waals surface area contributed by atoms with Gasteiger partial charge in [0.15, 0.2) is 0 Å². The number of benzene rings is 1. The second-order valence-corrected chi connectivity index (χ2v) is 4.14. The molecule has 2 heteroatoms. The monoisotopic (exact) mass is 208 g/mol. The first kappa shape index (κ1) is 12.2. The fourth-order valence-corrected chi connectivity index (χ4v) is 1.82. The Balaban J connectivity index is 2.50. The van der Waals surface area contributed by atoms with Crippen LogP contribution in [0, 0.1) is 13.8 Å². The quantitative estimate of drug-likeness (QED) is 0.804. The maximum atomic E-state index is 9.52. The van der Waals surface area contributed by atoms with Gasteiger partial charge in [-0.2, -0.15) is 0 Å². The lowest BCUT2D eigenvalue weighted by atomic mass is 10.0. The smallest absolute Gasteiger partial charge is 0.0776 e. The van der Waals surface area contributed by atoms with Gasteiger partial charge in [-0.25, -0.2) is 0 Å². The Bertz CT molecular complexity index is 287. The molecule has 0 saturated heterocycles. The van der Waals surface area contributed by atoms with Crippen molar-refractivity contribution >= 4 is 0 Å². The van der Waals surface area contributed by atoms with Gasteiger partial charge in [0, 0.05) is 7.11 Å². The van der Waals surface area contributed by atoms with Crippen molar-refractivity contribution in [1.29, 1.82) is 0 Å². The van der Waals surface area contributed by atoms with Crippen LogP contribution in [0.3, 0.4) is 0 Å². The van der Waals surface area contributed by atoms with Crippen molar-refractivity contribution in [2.24, 2.45) is 0 Å². The molecular weight excluding hydrogens is 188 g/mol. The van der Waals surface area contributed by atoms with Crippen molar-refractivity contribution in [1.82, 2.24) is 0 Å². The Morgan fingerprint density at radius 1 is 1.20 bits per heavy atom. The SMILES string of the molecule is COCC(O)CCc1cc(C)cc(C)c1. The van der Waals surface area contributed by atoms with E-state index in [9.17, 15) is 5.11 Å². The van der Waals surface area contributed by atoms with E-state index in [1.165, 1.54) is 16.7 Å². The lowest BCUT2D eigenvalue weighted by Gasteiger charge is -2.10. The summed E-state index contributed by atoms with van der Waals surface area (Å²) in [6.07, 6.45) is 1.32. The molecule has 0 aliphatic heterocycles. The van der Waals surface area contributed by atoms with Crippen LogP contribution >= 0.6 is 0 Å². The van der Waals surface area contributed by atoms with Crippen LogP contribution in [0.1, 0.15) is 23.1 Å². The van der Waals surface area contributed by atoms with Crippen LogP contribution in [0.25, 0.3) is 0 Å². The zero-order valence-electron chi connectivity index (χ0n) is 9.79. The van der Waals surface area contributed by atoms with E-state index in [4.69, 9.17) is 4.74 Å². The van der Waals surface area contributed by atoms with Gasteiger partial charge in [-0.1, -0.05) is 29.3 Å². The lowest BCUT2D eigenvalue weighted by molar-refractivity contribution is 0.0595. The highest BCUT2D eigenvalue weighted by molar-refractivity contribution is 5.28. The molecule has 0 spiro atoms. The normalized spacial score (nSPS) is 12.8. The molecule has 0 aromatic heterocycles. The van der Waals surface area contributed by atoms with Crippen molar-refractivity contribution in [3.8, 4) is 0 Å². The van der Waals surface area contributed by atoms with E-state index < -0.39 is 0 Å². The van der Waals surface area contributed by atoms with E-state index in [-0.39, 0.29) is 6.10 Å². The summed E-state index contributed by atoms with van der Waals surface area (Å²) in [5.74, 6) is 0. The van der Waals surface area contributed by atoms with Crippen LogP contribution in [-0.2, 0) is 11.2 Å². The first-order chi connectivity index (χ1) is 7.11. The van der Waals surface area contributed by atoms with E-state index >= 15 is 0 Å². The molecule has 0 amide bonds. The summed E-state index contributed by atoms with van der Waals surface area (Å²) in [4.78, 5) is 0. The summed E-state index contributed by atoms with van der Waals surface area (Å²) >= 11 is 0. The second kappa shape index (κ2) is 5.89. The summed E-state index contributed by atoms with van der Waals surface area (Å²) < 4.78 is 4.89.